The first-order valence-electron chi connectivity index (χ1n) is 5.73. The molecule has 0 fully saturated rings. The van der Waals surface area contributed by atoms with Gasteiger partial charge in [0.05, 0.1) is 5.54 Å². The van der Waals surface area contributed by atoms with Gasteiger partial charge in [-0.15, -0.1) is 0 Å². The van der Waals surface area contributed by atoms with Gasteiger partial charge in [-0.1, -0.05) is 34.1 Å². The summed E-state index contributed by atoms with van der Waals surface area (Å²) in [4.78, 5) is 0. The molecular formula is C15H15BrFN. The van der Waals surface area contributed by atoms with Gasteiger partial charge in [0.15, 0.2) is 0 Å². The number of aryl methyl sites for hydroxylation is 1. The lowest BCUT2D eigenvalue weighted by molar-refractivity contribution is 0.577. The Bertz CT molecular complexity index is 561. The number of hydrogen-bond acceptors (Lipinski definition) is 1. The van der Waals surface area contributed by atoms with Gasteiger partial charge in [0.1, 0.15) is 5.82 Å². The lowest BCUT2D eigenvalue weighted by Gasteiger charge is -2.28. The first-order valence-corrected chi connectivity index (χ1v) is 6.52. The Balaban J connectivity index is 2.53. The second kappa shape index (κ2) is 4.82. The smallest absolute Gasteiger partial charge is 0.123 e. The maximum atomic E-state index is 13.4. The van der Waals surface area contributed by atoms with E-state index in [1.54, 1.807) is 6.07 Å². The number of hydrogen-bond donors (Lipinski definition) is 1. The van der Waals surface area contributed by atoms with Crippen molar-refractivity contribution < 1.29 is 4.39 Å². The van der Waals surface area contributed by atoms with Crippen LogP contribution in [0.25, 0.3) is 0 Å². The highest BCUT2D eigenvalue weighted by molar-refractivity contribution is 9.10. The first kappa shape index (κ1) is 13.2. The number of halogens is 2. The lowest BCUT2D eigenvalue weighted by atomic mass is 9.83. The number of rotatable bonds is 2. The average molecular weight is 308 g/mol. The van der Waals surface area contributed by atoms with Gasteiger partial charge in [0.2, 0.25) is 0 Å². The summed E-state index contributed by atoms with van der Waals surface area (Å²) in [5, 5.41) is 0. The van der Waals surface area contributed by atoms with Gasteiger partial charge < -0.3 is 5.73 Å². The largest absolute Gasteiger partial charge is 0.318 e. The lowest BCUT2D eigenvalue weighted by Crippen LogP contribution is -2.35. The maximum Gasteiger partial charge on any atom is 0.123 e. The minimum absolute atomic E-state index is 0.260. The molecule has 1 unspecified atom stereocenters. The molecule has 0 aliphatic heterocycles. The fourth-order valence-corrected chi connectivity index (χ4v) is 2.37. The van der Waals surface area contributed by atoms with Crippen molar-refractivity contribution in [1.82, 2.24) is 0 Å². The van der Waals surface area contributed by atoms with E-state index < -0.39 is 5.54 Å². The zero-order chi connectivity index (χ0) is 13.3. The van der Waals surface area contributed by atoms with E-state index in [9.17, 15) is 4.39 Å². The molecule has 1 atom stereocenters. The van der Waals surface area contributed by atoms with Gasteiger partial charge in [-0.05, 0) is 54.8 Å². The Hall–Kier alpha value is -1.19. The van der Waals surface area contributed by atoms with E-state index in [0.29, 0.717) is 0 Å². The van der Waals surface area contributed by atoms with Crippen molar-refractivity contribution >= 4 is 15.9 Å². The molecule has 0 aromatic heterocycles. The van der Waals surface area contributed by atoms with E-state index in [-0.39, 0.29) is 5.82 Å². The van der Waals surface area contributed by atoms with Crippen LogP contribution in [0.1, 0.15) is 23.6 Å². The fourth-order valence-electron chi connectivity index (χ4n) is 2.11. The minimum Gasteiger partial charge on any atom is -0.318 e. The molecule has 3 heteroatoms. The molecule has 2 rings (SSSR count). The van der Waals surface area contributed by atoms with E-state index in [1.165, 1.54) is 12.1 Å². The van der Waals surface area contributed by atoms with Crippen LogP contribution in [0, 0.1) is 12.7 Å². The standard InChI is InChI=1S/C15H15BrFN/c1-10-3-8-13(17)9-14(10)15(2,18)11-4-6-12(16)7-5-11/h3-9H,18H2,1-2H3. The Morgan fingerprint density at radius 3 is 2.33 bits per heavy atom. The second-order valence-electron chi connectivity index (χ2n) is 4.67. The molecule has 1 nitrogen and oxygen atoms in total. The summed E-state index contributed by atoms with van der Waals surface area (Å²) in [6, 6.07) is 12.5. The molecule has 0 saturated heterocycles. The van der Waals surface area contributed by atoms with Gasteiger partial charge in [-0.2, -0.15) is 0 Å². The highest BCUT2D eigenvalue weighted by Gasteiger charge is 2.25. The van der Waals surface area contributed by atoms with Crippen LogP contribution in [-0.4, -0.2) is 0 Å². The van der Waals surface area contributed by atoms with Crippen LogP contribution in [0.4, 0.5) is 4.39 Å². The van der Waals surface area contributed by atoms with E-state index in [4.69, 9.17) is 5.73 Å². The molecule has 0 heterocycles. The Kier molecular flexibility index (Phi) is 3.55. The van der Waals surface area contributed by atoms with E-state index in [2.05, 4.69) is 15.9 Å². The Morgan fingerprint density at radius 2 is 1.72 bits per heavy atom. The monoisotopic (exact) mass is 307 g/mol. The third-order valence-electron chi connectivity index (χ3n) is 3.20. The SMILES string of the molecule is Cc1ccc(F)cc1C(C)(N)c1ccc(Br)cc1. The molecular weight excluding hydrogens is 293 g/mol. The zero-order valence-electron chi connectivity index (χ0n) is 10.4. The summed E-state index contributed by atoms with van der Waals surface area (Å²) >= 11 is 3.39. The molecule has 0 amide bonds. The van der Waals surface area contributed by atoms with Crippen LogP contribution in [0.5, 0.6) is 0 Å². The molecule has 0 aliphatic carbocycles. The summed E-state index contributed by atoms with van der Waals surface area (Å²) in [6.07, 6.45) is 0. The normalized spacial score (nSPS) is 14.3. The minimum atomic E-state index is -0.702. The van der Waals surface area contributed by atoms with E-state index in [1.807, 2.05) is 38.1 Å². The van der Waals surface area contributed by atoms with Gasteiger partial charge in [-0.3, -0.25) is 0 Å². The Morgan fingerprint density at radius 1 is 1.11 bits per heavy atom. The van der Waals surface area contributed by atoms with Crippen molar-refractivity contribution in [2.45, 2.75) is 19.4 Å². The molecule has 2 aromatic rings. The third kappa shape index (κ3) is 2.47. The molecule has 2 N–H and O–H groups in total. The van der Waals surface area contributed by atoms with Crippen molar-refractivity contribution in [3.63, 3.8) is 0 Å². The summed E-state index contributed by atoms with van der Waals surface area (Å²) < 4.78 is 14.4. The topological polar surface area (TPSA) is 26.0 Å². The molecule has 0 bridgehead atoms. The summed E-state index contributed by atoms with van der Waals surface area (Å²) in [5.74, 6) is -0.260. The molecule has 0 saturated carbocycles. The van der Waals surface area contributed by atoms with Crippen LogP contribution in [-0.2, 0) is 5.54 Å². The van der Waals surface area contributed by atoms with Crippen molar-refractivity contribution in [3.05, 3.63) is 69.4 Å². The highest BCUT2D eigenvalue weighted by Crippen LogP contribution is 2.30. The quantitative estimate of drug-likeness (QED) is 0.887. The highest BCUT2D eigenvalue weighted by atomic mass is 79.9. The van der Waals surface area contributed by atoms with Crippen LogP contribution in [0.15, 0.2) is 46.9 Å². The Labute approximate surface area is 115 Å². The fraction of sp³-hybridized carbons (Fsp3) is 0.200. The summed E-state index contributed by atoms with van der Waals surface area (Å²) in [7, 11) is 0. The van der Waals surface area contributed by atoms with Crippen molar-refractivity contribution in [2.24, 2.45) is 5.73 Å². The molecule has 0 radical (unpaired) electrons. The van der Waals surface area contributed by atoms with Crippen LogP contribution in [0.3, 0.4) is 0 Å². The van der Waals surface area contributed by atoms with Gasteiger partial charge in [-0.25, -0.2) is 4.39 Å². The van der Waals surface area contributed by atoms with Gasteiger partial charge in [0.25, 0.3) is 0 Å². The average Bonchev–Trinajstić information content (AvgIpc) is 2.32. The predicted octanol–water partition coefficient (Wildman–Crippen LogP) is 4.12. The van der Waals surface area contributed by atoms with Crippen molar-refractivity contribution in [2.75, 3.05) is 0 Å². The van der Waals surface area contributed by atoms with Crippen LogP contribution < -0.4 is 5.73 Å². The molecule has 18 heavy (non-hydrogen) atoms. The third-order valence-corrected chi connectivity index (χ3v) is 3.73. The van der Waals surface area contributed by atoms with Crippen molar-refractivity contribution in [1.29, 1.82) is 0 Å². The molecule has 0 aliphatic rings. The summed E-state index contributed by atoms with van der Waals surface area (Å²) in [5.41, 5.74) is 8.45. The molecule has 94 valence electrons. The van der Waals surface area contributed by atoms with Gasteiger partial charge in [0, 0.05) is 4.47 Å². The van der Waals surface area contributed by atoms with E-state index in [0.717, 1.165) is 21.2 Å². The van der Waals surface area contributed by atoms with Crippen LogP contribution in [0.2, 0.25) is 0 Å². The van der Waals surface area contributed by atoms with Crippen LogP contribution >= 0.6 is 15.9 Å². The second-order valence-corrected chi connectivity index (χ2v) is 5.58. The number of nitrogens with two attached hydrogens (primary N) is 1. The van der Waals surface area contributed by atoms with Crippen molar-refractivity contribution in [3.8, 4) is 0 Å². The predicted molar refractivity (Wildman–Crippen MR) is 75.9 cm³/mol. The zero-order valence-corrected chi connectivity index (χ0v) is 12.0. The molecule has 0 spiro atoms. The van der Waals surface area contributed by atoms with Gasteiger partial charge >= 0.3 is 0 Å². The summed E-state index contributed by atoms with van der Waals surface area (Å²) in [6.45, 7) is 3.84. The molecule has 2 aromatic carbocycles. The number of benzene rings is 2. The first-order chi connectivity index (χ1) is 8.41. The van der Waals surface area contributed by atoms with E-state index >= 15 is 0 Å². The maximum absolute atomic E-state index is 13.4.